The molecule has 25 heavy (non-hydrogen) atoms. The molecule has 8 nitrogen and oxygen atoms in total. The number of rotatable bonds is 5. The van der Waals surface area contributed by atoms with Crippen molar-refractivity contribution in [2.45, 2.75) is 12.5 Å². The maximum Gasteiger partial charge on any atom is 0.271 e. The number of benzene rings is 2. The maximum atomic E-state index is 12.6. The second-order valence-electron chi connectivity index (χ2n) is 5.47. The summed E-state index contributed by atoms with van der Waals surface area (Å²) >= 11 is 0. The fourth-order valence-corrected chi connectivity index (χ4v) is 2.66. The first kappa shape index (κ1) is 16.4. The molecule has 0 saturated carbocycles. The highest BCUT2D eigenvalue weighted by Gasteiger charge is 2.39. The summed E-state index contributed by atoms with van der Waals surface area (Å²) in [6, 6.07) is 11.6. The summed E-state index contributed by atoms with van der Waals surface area (Å²) in [4.78, 5) is 36.2. The van der Waals surface area contributed by atoms with Crippen LogP contribution in [0, 0.1) is 10.1 Å². The topological polar surface area (TPSA) is 102 Å². The van der Waals surface area contributed by atoms with Gasteiger partial charge in [0.2, 0.25) is 5.91 Å². The molecule has 0 unspecified atom stereocenters. The van der Waals surface area contributed by atoms with Gasteiger partial charge in [0.05, 0.1) is 24.1 Å². The summed E-state index contributed by atoms with van der Waals surface area (Å²) in [5, 5.41) is 13.7. The minimum Gasteiger partial charge on any atom is -0.497 e. The standard InChI is InChI=1S/C17H15N3O5/c1-25-14-7-5-12(6-8-14)19-16(21)10-15(17(19)22)18-11-3-2-4-13(9-11)20(23)24/h2-9,15,18H,10H2,1H3/t15-/m0/s1. The van der Waals surface area contributed by atoms with Crippen LogP contribution in [-0.2, 0) is 9.59 Å². The molecule has 1 N–H and O–H groups in total. The average molecular weight is 341 g/mol. The Morgan fingerprint density at radius 1 is 1.20 bits per heavy atom. The molecule has 2 aromatic rings. The van der Waals surface area contributed by atoms with Crippen LogP contribution in [0.3, 0.4) is 0 Å². The van der Waals surface area contributed by atoms with Crippen LogP contribution in [0.25, 0.3) is 0 Å². The van der Waals surface area contributed by atoms with Crippen LogP contribution >= 0.6 is 0 Å². The number of non-ortho nitro benzene ring substituents is 1. The third-order valence-electron chi connectivity index (χ3n) is 3.88. The first-order valence-electron chi connectivity index (χ1n) is 7.51. The molecule has 0 aromatic heterocycles. The molecule has 128 valence electrons. The molecular weight excluding hydrogens is 326 g/mol. The Kier molecular flexibility index (Phi) is 4.34. The Labute approximate surface area is 143 Å². The molecular formula is C17H15N3O5. The number of nitro benzene ring substituents is 1. The minimum atomic E-state index is -0.767. The Balaban J connectivity index is 1.79. The summed E-state index contributed by atoms with van der Waals surface area (Å²) in [6.45, 7) is 0. The lowest BCUT2D eigenvalue weighted by Gasteiger charge is -2.16. The molecule has 2 amide bonds. The van der Waals surface area contributed by atoms with Crippen LogP contribution in [0.5, 0.6) is 5.75 Å². The van der Waals surface area contributed by atoms with Crippen molar-refractivity contribution in [2.75, 3.05) is 17.3 Å². The number of hydrogen-bond acceptors (Lipinski definition) is 6. The van der Waals surface area contributed by atoms with Gasteiger partial charge in [0.15, 0.2) is 0 Å². The third kappa shape index (κ3) is 3.27. The maximum absolute atomic E-state index is 12.6. The summed E-state index contributed by atoms with van der Waals surface area (Å²) < 4.78 is 5.06. The molecule has 0 spiro atoms. The first-order valence-corrected chi connectivity index (χ1v) is 7.51. The van der Waals surface area contributed by atoms with Crippen molar-refractivity contribution < 1.29 is 19.2 Å². The van der Waals surface area contributed by atoms with Gasteiger partial charge in [-0.15, -0.1) is 0 Å². The van der Waals surface area contributed by atoms with Gasteiger partial charge in [0, 0.05) is 17.8 Å². The number of hydrogen-bond donors (Lipinski definition) is 1. The highest BCUT2D eigenvalue weighted by molar-refractivity contribution is 6.23. The van der Waals surface area contributed by atoms with Crippen molar-refractivity contribution in [3.05, 3.63) is 58.6 Å². The number of nitrogens with one attached hydrogen (secondary N) is 1. The van der Waals surface area contributed by atoms with E-state index in [1.807, 2.05) is 0 Å². The van der Waals surface area contributed by atoms with Gasteiger partial charge in [-0.1, -0.05) is 6.07 Å². The van der Waals surface area contributed by atoms with Gasteiger partial charge in [0.1, 0.15) is 11.8 Å². The van der Waals surface area contributed by atoms with E-state index in [4.69, 9.17) is 4.74 Å². The van der Waals surface area contributed by atoms with Crippen molar-refractivity contribution >= 4 is 28.9 Å². The van der Waals surface area contributed by atoms with E-state index in [-0.39, 0.29) is 18.0 Å². The first-order chi connectivity index (χ1) is 12.0. The molecule has 3 rings (SSSR count). The van der Waals surface area contributed by atoms with Crippen LogP contribution in [0.15, 0.2) is 48.5 Å². The summed E-state index contributed by atoms with van der Waals surface area (Å²) in [6.07, 6.45) is -0.0203. The van der Waals surface area contributed by atoms with Crippen LogP contribution in [-0.4, -0.2) is 29.9 Å². The Morgan fingerprint density at radius 2 is 1.92 bits per heavy atom. The fraction of sp³-hybridized carbons (Fsp3) is 0.176. The van der Waals surface area contributed by atoms with E-state index in [0.717, 1.165) is 4.90 Å². The molecule has 0 bridgehead atoms. The van der Waals surface area contributed by atoms with Crippen LogP contribution < -0.4 is 15.0 Å². The van der Waals surface area contributed by atoms with Gasteiger partial charge in [-0.25, -0.2) is 4.90 Å². The molecule has 1 aliphatic rings. The lowest BCUT2D eigenvalue weighted by atomic mass is 10.2. The minimum absolute atomic E-state index is 0.0203. The van der Waals surface area contributed by atoms with Gasteiger partial charge < -0.3 is 10.1 Å². The molecule has 0 radical (unpaired) electrons. The normalized spacial score (nSPS) is 16.8. The van der Waals surface area contributed by atoms with Crippen LogP contribution in [0.2, 0.25) is 0 Å². The van der Waals surface area contributed by atoms with Crippen molar-refractivity contribution in [3.8, 4) is 5.75 Å². The summed E-state index contributed by atoms with van der Waals surface area (Å²) in [7, 11) is 1.53. The largest absolute Gasteiger partial charge is 0.497 e. The van der Waals surface area contributed by atoms with E-state index in [0.29, 0.717) is 17.1 Å². The van der Waals surface area contributed by atoms with E-state index in [9.17, 15) is 19.7 Å². The van der Waals surface area contributed by atoms with E-state index in [2.05, 4.69) is 5.32 Å². The van der Waals surface area contributed by atoms with Crippen molar-refractivity contribution in [3.63, 3.8) is 0 Å². The predicted octanol–water partition coefficient (Wildman–Crippen LogP) is 2.35. The number of amides is 2. The number of imide groups is 1. The Morgan fingerprint density at radius 3 is 2.56 bits per heavy atom. The molecule has 1 heterocycles. The lowest BCUT2D eigenvalue weighted by Crippen LogP contribution is -2.34. The lowest BCUT2D eigenvalue weighted by molar-refractivity contribution is -0.384. The number of nitro groups is 1. The molecule has 1 fully saturated rings. The highest BCUT2D eigenvalue weighted by atomic mass is 16.6. The quantitative estimate of drug-likeness (QED) is 0.509. The molecule has 1 atom stereocenters. The Hall–Kier alpha value is -3.42. The van der Waals surface area contributed by atoms with E-state index >= 15 is 0 Å². The summed E-state index contributed by atoms with van der Waals surface area (Å²) in [5.41, 5.74) is 0.782. The number of ether oxygens (including phenoxy) is 1. The zero-order valence-corrected chi connectivity index (χ0v) is 13.3. The number of nitrogens with zero attached hydrogens (tertiary/aromatic N) is 2. The van der Waals surface area contributed by atoms with E-state index in [1.54, 1.807) is 30.3 Å². The SMILES string of the molecule is COc1ccc(N2C(=O)C[C@H](Nc3cccc([N+](=O)[O-])c3)C2=O)cc1. The molecule has 0 aliphatic carbocycles. The van der Waals surface area contributed by atoms with Crippen LogP contribution in [0.1, 0.15) is 6.42 Å². The Bertz CT molecular complexity index is 834. The van der Waals surface area contributed by atoms with Crippen molar-refractivity contribution in [1.29, 1.82) is 0 Å². The van der Waals surface area contributed by atoms with Gasteiger partial charge in [-0.2, -0.15) is 0 Å². The van der Waals surface area contributed by atoms with E-state index in [1.165, 1.54) is 25.3 Å². The number of anilines is 2. The van der Waals surface area contributed by atoms with E-state index < -0.39 is 16.9 Å². The molecule has 1 saturated heterocycles. The molecule has 1 aliphatic heterocycles. The third-order valence-corrected chi connectivity index (χ3v) is 3.88. The van der Waals surface area contributed by atoms with Crippen molar-refractivity contribution in [2.24, 2.45) is 0 Å². The second-order valence-corrected chi connectivity index (χ2v) is 5.47. The zero-order valence-electron chi connectivity index (χ0n) is 13.3. The summed E-state index contributed by atoms with van der Waals surface area (Å²) in [5.74, 6) is -0.117. The van der Waals surface area contributed by atoms with Crippen LogP contribution in [0.4, 0.5) is 17.1 Å². The fourth-order valence-electron chi connectivity index (χ4n) is 2.66. The van der Waals surface area contributed by atoms with Gasteiger partial charge in [0.25, 0.3) is 11.6 Å². The number of methoxy groups -OCH3 is 1. The second kappa shape index (κ2) is 6.60. The number of carbonyl (C=O) groups excluding carboxylic acids is 2. The average Bonchev–Trinajstić information content (AvgIpc) is 2.89. The van der Waals surface area contributed by atoms with Gasteiger partial charge in [-0.3, -0.25) is 19.7 Å². The number of carbonyl (C=O) groups is 2. The van der Waals surface area contributed by atoms with Crippen molar-refractivity contribution in [1.82, 2.24) is 0 Å². The zero-order chi connectivity index (χ0) is 18.0. The molecule has 8 heteroatoms. The van der Waals surface area contributed by atoms with Gasteiger partial charge in [-0.05, 0) is 30.3 Å². The monoisotopic (exact) mass is 341 g/mol. The molecule has 2 aromatic carbocycles. The predicted molar refractivity (Wildman–Crippen MR) is 90.6 cm³/mol. The highest BCUT2D eigenvalue weighted by Crippen LogP contribution is 2.27. The smallest absolute Gasteiger partial charge is 0.271 e. The van der Waals surface area contributed by atoms with Gasteiger partial charge >= 0.3 is 0 Å².